The minimum Gasteiger partial charge on any atom is -0.495 e. The number of rotatable bonds is 10. The number of anilines is 1. The summed E-state index contributed by atoms with van der Waals surface area (Å²) < 4.78 is 31.9. The van der Waals surface area contributed by atoms with E-state index in [1.54, 1.807) is 31.2 Å². The summed E-state index contributed by atoms with van der Waals surface area (Å²) >= 11 is 18.4. The number of nitrogens with zero attached hydrogens (tertiary/aromatic N) is 2. The number of ether oxygens (including phenoxy) is 1. The third-order valence-corrected chi connectivity index (χ3v) is 8.65. The Bertz CT molecular complexity index is 1270. The fourth-order valence-electron chi connectivity index (χ4n) is 4.44. The van der Waals surface area contributed by atoms with Crippen LogP contribution in [0.15, 0.2) is 36.4 Å². The second kappa shape index (κ2) is 13.2. The summed E-state index contributed by atoms with van der Waals surface area (Å²) in [5.41, 5.74) is 0.751. The normalized spacial score (nSPS) is 15.0. The Balaban J connectivity index is 1.94. The summed E-state index contributed by atoms with van der Waals surface area (Å²) in [6.07, 6.45) is 5.97. The lowest BCUT2D eigenvalue weighted by Crippen LogP contribution is -2.53. The smallest absolute Gasteiger partial charge is 0.244 e. The molecule has 0 aliphatic heterocycles. The lowest BCUT2D eigenvalue weighted by molar-refractivity contribution is -0.139. The zero-order valence-electron chi connectivity index (χ0n) is 21.5. The molecule has 208 valence electrons. The summed E-state index contributed by atoms with van der Waals surface area (Å²) in [6, 6.07) is 8.57. The predicted octanol–water partition coefficient (Wildman–Crippen LogP) is 5.29. The summed E-state index contributed by atoms with van der Waals surface area (Å²) in [7, 11) is -2.55. The molecule has 1 saturated carbocycles. The fourth-order valence-corrected chi connectivity index (χ4v) is 5.77. The van der Waals surface area contributed by atoms with Crippen molar-refractivity contribution in [3.63, 3.8) is 0 Å². The number of sulfonamides is 1. The van der Waals surface area contributed by atoms with Gasteiger partial charge in [0.05, 0.1) is 29.1 Å². The van der Waals surface area contributed by atoms with Crippen LogP contribution in [0.3, 0.4) is 0 Å². The van der Waals surface area contributed by atoms with Gasteiger partial charge in [0.2, 0.25) is 21.8 Å². The first-order valence-electron chi connectivity index (χ1n) is 12.3. The predicted molar refractivity (Wildman–Crippen MR) is 152 cm³/mol. The van der Waals surface area contributed by atoms with Crippen LogP contribution < -0.4 is 14.4 Å². The van der Waals surface area contributed by atoms with E-state index in [4.69, 9.17) is 39.5 Å². The number of carbonyl (C=O) groups excluding carboxylic acids is 2. The largest absolute Gasteiger partial charge is 0.495 e. The van der Waals surface area contributed by atoms with Crippen molar-refractivity contribution in [2.24, 2.45) is 0 Å². The van der Waals surface area contributed by atoms with Crippen molar-refractivity contribution in [1.29, 1.82) is 0 Å². The van der Waals surface area contributed by atoms with Crippen molar-refractivity contribution in [2.75, 3.05) is 24.2 Å². The second-order valence-electron chi connectivity index (χ2n) is 9.38. The number of nitrogens with one attached hydrogen (secondary N) is 1. The molecule has 0 aromatic heterocycles. The van der Waals surface area contributed by atoms with E-state index in [9.17, 15) is 18.0 Å². The van der Waals surface area contributed by atoms with E-state index in [0.717, 1.165) is 42.7 Å². The third kappa shape index (κ3) is 7.91. The molecule has 0 saturated heterocycles. The molecule has 38 heavy (non-hydrogen) atoms. The van der Waals surface area contributed by atoms with Gasteiger partial charge in [0.15, 0.2) is 0 Å². The number of benzene rings is 2. The number of halogens is 3. The molecule has 0 bridgehead atoms. The molecule has 2 aromatic carbocycles. The zero-order valence-corrected chi connectivity index (χ0v) is 24.6. The van der Waals surface area contributed by atoms with Crippen LogP contribution >= 0.6 is 34.8 Å². The Morgan fingerprint density at radius 2 is 1.74 bits per heavy atom. The van der Waals surface area contributed by atoms with Crippen LogP contribution in [0.25, 0.3) is 0 Å². The van der Waals surface area contributed by atoms with Crippen LogP contribution in [0.1, 0.15) is 44.6 Å². The van der Waals surface area contributed by atoms with E-state index in [-0.39, 0.29) is 35.0 Å². The van der Waals surface area contributed by atoms with E-state index in [2.05, 4.69) is 5.32 Å². The maximum absolute atomic E-state index is 13.8. The molecule has 1 aliphatic rings. The molecule has 1 unspecified atom stereocenters. The maximum Gasteiger partial charge on any atom is 0.244 e. The average Bonchev–Trinajstić information content (AvgIpc) is 2.87. The van der Waals surface area contributed by atoms with Crippen molar-refractivity contribution in [3.05, 3.63) is 57.0 Å². The van der Waals surface area contributed by atoms with E-state index in [0.29, 0.717) is 15.6 Å². The van der Waals surface area contributed by atoms with Gasteiger partial charge >= 0.3 is 0 Å². The van der Waals surface area contributed by atoms with Crippen molar-refractivity contribution >= 4 is 62.3 Å². The maximum atomic E-state index is 13.8. The first-order chi connectivity index (χ1) is 17.9. The molecule has 1 N–H and O–H groups in total. The highest BCUT2D eigenvalue weighted by molar-refractivity contribution is 7.92. The molecule has 1 atom stereocenters. The monoisotopic (exact) mass is 603 g/mol. The minimum atomic E-state index is -3.94. The summed E-state index contributed by atoms with van der Waals surface area (Å²) in [4.78, 5) is 28.3. The number of hydrogen-bond donors (Lipinski definition) is 1. The van der Waals surface area contributed by atoms with Crippen molar-refractivity contribution in [1.82, 2.24) is 10.2 Å². The van der Waals surface area contributed by atoms with E-state index >= 15 is 0 Å². The molecule has 12 heteroatoms. The molecule has 1 fully saturated rings. The van der Waals surface area contributed by atoms with Gasteiger partial charge in [-0.1, -0.05) is 60.1 Å². The summed E-state index contributed by atoms with van der Waals surface area (Å²) in [6.45, 7) is 1.06. The van der Waals surface area contributed by atoms with Gasteiger partial charge in [-0.05, 0) is 55.7 Å². The molecule has 3 rings (SSSR count). The van der Waals surface area contributed by atoms with Crippen LogP contribution in [0.4, 0.5) is 5.69 Å². The van der Waals surface area contributed by atoms with Crippen molar-refractivity contribution in [3.8, 4) is 5.75 Å². The van der Waals surface area contributed by atoms with Gasteiger partial charge in [-0.25, -0.2) is 8.42 Å². The van der Waals surface area contributed by atoms with Gasteiger partial charge in [-0.2, -0.15) is 0 Å². The number of amides is 2. The lowest BCUT2D eigenvalue weighted by Gasteiger charge is -2.33. The van der Waals surface area contributed by atoms with Gasteiger partial charge < -0.3 is 15.0 Å². The van der Waals surface area contributed by atoms with Crippen molar-refractivity contribution in [2.45, 2.75) is 57.7 Å². The molecule has 2 aromatic rings. The molecule has 8 nitrogen and oxygen atoms in total. The van der Waals surface area contributed by atoms with E-state index < -0.39 is 28.5 Å². The van der Waals surface area contributed by atoms with Crippen LogP contribution in [0.2, 0.25) is 15.1 Å². The van der Waals surface area contributed by atoms with Crippen LogP contribution in [-0.2, 0) is 26.2 Å². The van der Waals surface area contributed by atoms with Gasteiger partial charge in [0, 0.05) is 17.6 Å². The Labute approximate surface area is 239 Å². The highest BCUT2D eigenvalue weighted by Crippen LogP contribution is 2.33. The van der Waals surface area contributed by atoms with Gasteiger partial charge in [-0.15, -0.1) is 0 Å². The first kappa shape index (κ1) is 30.3. The van der Waals surface area contributed by atoms with E-state index in [1.807, 2.05) is 0 Å². The molecule has 0 spiro atoms. The Hall–Kier alpha value is -2.20. The highest BCUT2D eigenvalue weighted by Gasteiger charge is 2.32. The highest BCUT2D eigenvalue weighted by atomic mass is 35.5. The van der Waals surface area contributed by atoms with Crippen LogP contribution in [0.5, 0.6) is 5.75 Å². The number of methoxy groups -OCH3 is 1. The topological polar surface area (TPSA) is 96.0 Å². The average molecular weight is 605 g/mol. The summed E-state index contributed by atoms with van der Waals surface area (Å²) in [5.74, 6) is -0.668. The zero-order chi connectivity index (χ0) is 28.0. The lowest BCUT2D eigenvalue weighted by atomic mass is 9.95. The van der Waals surface area contributed by atoms with Gasteiger partial charge in [0.1, 0.15) is 18.3 Å². The van der Waals surface area contributed by atoms with Gasteiger partial charge in [0.25, 0.3) is 0 Å². The summed E-state index contributed by atoms with van der Waals surface area (Å²) in [5, 5.41) is 3.98. The molecule has 2 amide bonds. The molecular weight excluding hydrogens is 573 g/mol. The van der Waals surface area contributed by atoms with Crippen LogP contribution in [0, 0.1) is 0 Å². The van der Waals surface area contributed by atoms with Gasteiger partial charge in [-0.3, -0.25) is 13.9 Å². The quantitative estimate of drug-likeness (QED) is 0.398. The Morgan fingerprint density at radius 3 is 2.34 bits per heavy atom. The fraction of sp³-hybridized carbons (Fsp3) is 0.462. The number of hydrogen-bond acceptors (Lipinski definition) is 5. The second-order valence-corrected chi connectivity index (χ2v) is 12.5. The Morgan fingerprint density at radius 1 is 1.05 bits per heavy atom. The minimum absolute atomic E-state index is 0.0132. The molecule has 0 radical (unpaired) electrons. The van der Waals surface area contributed by atoms with Crippen molar-refractivity contribution < 1.29 is 22.7 Å². The molecule has 0 heterocycles. The standard InChI is InChI=1S/C26H32Cl3N3O5S/c1-17(26(34)30-20-7-5-4-6-8-20)31(15-18-9-11-21(28)22(29)13-18)25(33)16-32(38(3,35)36)23-14-19(27)10-12-24(23)37-2/h9-14,17,20H,4-8,15-16H2,1-3H3,(H,30,34). The third-order valence-electron chi connectivity index (χ3n) is 6.54. The Kier molecular flexibility index (Phi) is 10.6. The van der Waals surface area contributed by atoms with E-state index in [1.165, 1.54) is 24.1 Å². The first-order valence-corrected chi connectivity index (χ1v) is 15.2. The molecular formula is C26H32Cl3N3O5S. The SMILES string of the molecule is COc1ccc(Cl)cc1N(CC(=O)N(Cc1ccc(Cl)c(Cl)c1)C(C)C(=O)NC1CCCCC1)S(C)(=O)=O. The number of carbonyl (C=O) groups is 2. The molecule has 1 aliphatic carbocycles. The van der Waals surface area contributed by atoms with Crippen LogP contribution in [-0.4, -0.2) is 57.1 Å².